The molecule has 0 saturated carbocycles. The van der Waals surface area contributed by atoms with E-state index in [-0.39, 0.29) is 31.4 Å². The summed E-state index contributed by atoms with van der Waals surface area (Å²) in [4.78, 5) is 21.3. The van der Waals surface area contributed by atoms with Crippen LogP contribution < -0.4 is 11.2 Å². The Morgan fingerprint density at radius 1 is 1.28 bits per heavy atom. The lowest BCUT2D eigenvalue weighted by Crippen LogP contribution is -2.38. The second-order valence-electron chi connectivity index (χ2n) is 5.89. The summed E-state index contributed by atoms with van der Waals surface area (Å²) in [6.45, 7) is 0.0812. The molecule has 1 amide bonds. The molecule has 1 aromatic carbocycles. The first-order valence-corrected chi connectivity index (χ1v) is 8.84. The van der Waals surface area contributed by atoms with Crippen LogP contribution in [0.1, 0.15) is 17.7 Å². The molecular weight excluding hydrogens is 376 g/mol. The summed E-state index contributed by atoms with van der Waals surface area (Å²) in [5.41, 5.74) is 1.48. The van der Waals surface area contributed by atoms with Crippen molar-refractivity contribution in [2.24, 2.45) is 11.0 Å². The van der Waals surface area contributed by atoms with Crippen LogP contribution in [0.4, 0.5) is 10.6 Å². The number of nitrogens with zero attached hydrogens (tertiary/aromatic N) is 3. The highest BCUT2D eigenvalue weighted by Gasteiger charge is 2.13. The van der Waals surface area contributed by atoms with E-state index >= 15 is 0 Å². The van der Waals surface area contributed by atoms with E-state index in [0.717, 1.165) is 5.01 Å². The van der Waals surface area contributed by atoms with E-state index in [4.69, 9.17) is 25.9 Å². The fourth-order valence-corrected chi connectivity index (χ4v) is 2.16. The van der Waals surface area contributed by atoms with E-state index in [1.54, 1.807) is 30.3 Å². The Labute approximate surface area is 168 Å². The molecular formula is C19H24N6O4. The number of carbonyl (C=O) groups excluding carboxylic acids is 1. The van der Waals surface area contributed by atoms with Crippen LogP contribution in [0.25, 0.3) is 0 Å². The third-order valence-corrected chi connectivity index (χ3v) is 3.57. The van der Waals surface area contributed by atoms with Gasteiger partial charge in [0.25, 0.3) is 0 Å². The summed E-state index contributed by atoms with van der Waals surface area (Å²) in [6, 6.07) is 14.1. The van der Waals surface area contributed by atoms with Crippen LogP contribution in [0.5, 0.6) is 0 Å². The number of pyridine rings is 1. The second-order valence-corrected chi connectivity index (χ2v) is 5.89. The number of nitrogens with two attached hydrogens (primary N) is 1. The van der Waals surface area contributed by atoms with Gasteiger partial charge in [-0.2, -0.15) is 0 Å². The first-order chi connectivity index (χ1) is 14.0. The number of nitrogens with one attached hydrogen (secondary N) is 2. The van der Waals surface area contributed by atoms with Crippen molar-refractivity contribution in [3.8, 4) is 0 Å². The number of amides is 1. The topological polar surface area (TPSA) is 146 Å². The molecule has 0 atom stereocenters. The van der Waals surface area contributed by atoms with Gasteiger partial charge in [0.15, 0.2) is 18.2 Å². The van der Waals surface area contributed by atoms with Crippen LogP contribution in [0.3, 0.4) is 0 Å². The molecule has 0 aliphatic rings. The summed E-state index contributed by atoms with van der Waals surface area (Å²) in [5, 5.41) is 24.5. The van der Waals surface area contributed by atoms with Crippen LogP contribution >= 0.6 is 0 Å². The highest BCUT2D eigenvalue weighted by Crippen LogP contribution is 2.09. The number of aliphatic hydroxyl groups is 1. The fraction of sp³-hybridized carbons (Fsp3) is 0.263. The zero-order valence-corrected chi connectivity index (χ0v) is 16.0. The van der Waals surface area contributed by atoms with E-state index in [0.29, 0.717) is 23.5 Å². The zero-order valence-electron chi connectivity index (χ0n) is 16.0. The first kappa shape index (κ1) is 21.8. The van der Waals surface area contributed by atoms with Crippen molar-refractivity contribution in [3.63, 3.8) is 0 Å². The van der Waals surface area contributed by atoms with Gasteiger partial charge >= 0.3 is 6.09 Å². The Morgan fingerprint density at radius 3 is 2.72 bits per heavy atom. The molecule has 0 bridgehead atoms. The first-order valence-electron chi connectivity index (χ1n) is 8.84. The van der Waals surface area contributed by atoms with Gasteiger partial charge in [-0.15, -0.1) is 0 Å². The Kier molecular flexibility index (Phi) is 8.54. The number of rotatable bonds is 9. The minimum atomic E-state index is -0.659. The fourth-order valence-electron chi connectivity index (χ4n) is 2.16. The van der Waals surface area contributed by atoms with Crippen molar-refractivity contribution >= 4 is 23.5 Å². The smallest absolute Gasteiger partial charge is 0.412 e. The summed E-state index contributed by atoms with van der Waals surface area (Å²) in [7, 11) is 1.54. The van der Waals surface area contributed by atoms with E-state index in [1.165, 1.54) is 7.05 Å². The number of aromatic nitrogens is 1. The van der Waals surface area contributed by atoms with Gasteiger partial charge in [-0.1, -0.05) is 41.6 Å². The molecule has 154 valence electrons. The molecule has 1 aromatic heterocycles. The van der Waals surface area contributed by atoms with E-state index < -0.39 is 6.09 Å². The minimum Gasteiger partial charge on any atom is -0.449 e. The van der Waals surface area contributed by atoms with Crippen molar-refractivity contribution in [1.82, 2.24) is 9.99 Å². The van der Waals surface area contributed by atoms with Crippen molar-refractivity contribution in [2.45, 2.75) is 13.0 Å². The molecule has 2 rings (SSSR count). The van der Waals surface area contributed by atoms with Gasteiger partial charge in [0, 0.05) is 25.6 Å². The van der Waals surface area contributed by atoms with Gasteiger partial charge in [0.1, 0.15) is 5.82 Å². The third kappa shape index (κ3) is 7.20. The SMILES string of the molecule is CN(N)C(=N)/C(=N\OCc1cccc(NC(=O)OCCCO)n1)c1ccccc1. The zero-order chi connectivity index (χ0) is 21.1. The number of oxime groups is 1. The number of carbonyl (C=O) groups is 1. The lowest BCUT2D eigenvalue weighted by Gasteiger charge is -2.15. The summed E-state index contributed by atoms with van der Waals surface area (Å²) in [6.07, 6.45) is -0.295. The molecule has 10 nitrogen and oxygen atoms in total. The minimum absolute atomic E-state index is 0.00907. The maximum Gasteiger partial charge on any atom is 0.412 e. The Hall–Kier alpha value is -3.50. The molecule has 0 aliphatic carbocycles. The van der Waals surface area contributed by atoms with Crippen LogP contribution in [-0.2, 0) is 16.2 Å². The van der Waals surface area contributed by atoms with Gasteiger partial charge in [-0.3, -0.25) is 15.7 Å². The van der Waals surface area contributed by atoms with Crippen molar-refractivity contribution in [3.05, 3.63) is 59.8 Å². The monoisotopic (exact) mass is 400 g/mol. The van der Waals surface area contributed by atoms with E-state index in [2.05, 4.69) is 15.5 Å². The summed E-state index contributed by atoms with van der Waals surface area (Å²) >= 11 is 0. The average molecular weight is 400 g/mol. The molecule has 2 aromatic rings. The van der Waals surface area contributed by atoms with Gasteiger partial charge in [-0.05, 0) is 12.1 Å². The van der Waals surface area contributed by atoms with Gasteiger partial charge in [0.2, 0.25) is 0 Å². The Bertz CT molecular complexity index is 842. The highest BCUT2D eigenvalue weighted by molar-refractivity contribution is 6.46. The molecule has 29 heavy (non-hydrogen) atoms. The lowest BCUT2D eigenvalue weighted by atomic mass is 10.1. The number of likely N-dealkylation sites (N-methyl/N-ethyl adjacent to an activating group) is 1. The predicted molar refractivity (Wildman–Crippen MR) is 108 cm³/mol. The number of anilines is 1. The quantitative estimate of drug-likeness (QED) is 0.165. The summed E-state index contributed by atoms with van der Waals surface area (Å²) in [5.74, 6) is 5.95. The van der Waals surface area contributed by atoms with Crippen molar-refractivity contribution < 1.29 is 19.5 Å². The van der Waals surface area contributed by atoms with Crippen molar-refractivity contribution in [2.75, 3.05) is 25.6 Å². The lowest BCUT2D eigenvalue weighted by molar-refractivity contribution is 0.128. The van der Waals surface area contributed by atoms with Gasteiger partial charge in [-0.25, -0.2) is 15.6 Å². The number of benzene rings is 1. The van der Waals surface area contributed by atoms with E-state index in [1.807, 2.05) is 18.2 Å². The highest BCUT2D eigenvalue weighted by atomic mass is 16.6. The Balaban J connectivity index is 2.02. The number of hydrogen-bond acceptors (Lipinski definition) is 8. The van der Waals surface area contributed by atoms with Crippen LogP contribution in [0, 0.1) is 5.41 Å². The molecule has 0 spiro atoms. The molecule has 5 N–H and O–H groups in total. The van der Waals surface area contributed by atoms with Gasteiger partial charge < -0.3 is 14.7 Å². The summed E-state index contributed by atoms with van der Waals surface area (Å²) < 4.78 is 4.89. The number of hydrogen-bond donors (Lipinski definition) is 4. The normalized spacial score (nSPS) is 10.9. The van der Waals surface area contributed by atoms with Crippen LogP contribution in [0.2, 0.25) is 0 Å². The predicted octanol–water partition coefficient (Wildman–Crippen LogP) is 1.72. The van der Waals surface area contributed by atoms with Crippen LogP contribution in [-0.4, -0.2) is 53.0 Å². The van der Waals surface area contributed by atoms with E-state index in [9.17, 15) is 4.79 Å². The molecule has 10 heteroatoms. The molecule has 0 aliphatic heterocycles. The third-order valence-electron chi connectivity index (χ3n) is 3.57. The number of ether oxygens (including phenoxy) is 1. The number of aliphatic hydroxyl groups excluding tert-OH is 1. The molecule has 0 fully saturated rings. The molecule has 0 radical (unpaired) electrons. The molecule has 1 heterocycles. The van der Waals surface area contributed by atoms with Crippen LogP contribution in [0.15, 0.2) is 53.7 Å². The maximum absolute atomic E-state index is 11.6. The van der Waals surface area contributed by atoms with Crippen molar-refractivity contribution in [1.29, 1.82) is 5.41 Å². The largest absolute Gasteiger partial charge is 0.449 e. The van der Waals surface area contributed by atoms with Gasteiger partial charge in [0.05, 0.1) is 12.3 Å². The Morgan fingerprint density at radius 2 is 2.03 bits per heavy atom. The second kappa shape index (κ2) is 11.4. The molecule has 0 saturated heterocycles. The average Bonchev–Trinajstić information content (AvgIpc) is 2.72. The molecule has 0 unspecified atom stereocenters. The number of amidine groups is 1. The maximum atomic E-state index is 11.6. The standard InChI is InChI=1S/C19H24N6O4/c1-25(21)18(20)17(14-7-3-2-4-8-14)24-29-13-15-9-5-10-16(22-15)23-19(27)28-12-6-11-26/h2-5,7-10,20,26H,6,11-13,21H2,1H3,(H,22,23,27)/b20-18?,24-17-. The number of hydrazine groups is 1.